The van der Waals surface area contributed by atoms with Crippen LogP contribution in [0.4, 0.5) is 5.69 Å². The molecule has 21 heavy (non-hydrogen) atoms. The highest BCUT2D eigenvalue weighted by molar-refractivity contribution is 5.93. The number of aromatic amines is 1. The lowest BCUT2D eigenvalue weighted by Gasteiger charge is -2.09. The van der Waals surface area contributed by atoms with E-state index < -0.39 is 0 Å². The van der Waals surface area contributed by atoms with Gasteiger partial charge in [-0.25, -0.2) is 0 Å². The van der Waals surface area contributed by atoms with Gasteiger partial charge in [0.2, 0.25) is 5.91 Å². The second kappa shape index (κ2) is 5.71. The Morgan fingerprint density at radius 1 is 1.24 bits per heavy atom. The largest absolute Gasteiger partial charge is 0.323 e. The molecule has 0 unspecified atom stereocenters. The molecule has 0 aliphatic rings. The topological polar surface area (TPSA) is 75.6 Å². The number of aromatic nitrogens is 4. The van der Waals surface area contributed by atoms with Gasteiger partial charge < -0.3 is 5.32 Å². The van der Waals surface area contributed by atoms with E-state index in [9.17, 15) is 4.79 Å². The maximum Gasteiger partial charge on any atom is 0.229 e. The molecule has 2 aromatic rings. The molecule has 0 fully saturated rings. The SMILES string of the molecule is Cc1n[nH]c(C)c1CC(=O)Nc1c(C)nn(C(C)C)c1C. The molecule has 0 aliphatic heterocycles. The first-order valence-corrected chi connectivity index (χ1v) is 7.17. The number of aryl methyl sites for hydroxylation is 3. The summed E-state index contributed by atoms with van der Waals surface area (Å²) in [5.74, 6) is -0.0443. The van der Waals surface area contributed by atoms with Crippen molar-refractivity contribution in [2.45, 2.75) is 54.0 Å². The normalized spacial score (nSPS) is 11.2. The Hall–Kier alpha value is -2.11. The van der Waals surface area contributed by atoms with Crippen molar-refractivity contribution < 1.29 is 4.79 Å². The average molecular weight is 289 g/mol. The van der Waals surface area contributed by atoms with Crippen LogP contribution in [0.25, 0.3) is 0 Å². The predicted molar refractivity (Wildman–Crippen MR) is 82.5 cm³/mol. The lowest BCUT2D eigenvalue weighted by Crippen LogP contribution is -2.16. The molecular formula is C15H23N5O. The number of hydrogen-bond donors (Lipinski definition) is 2. The van der Waals surface area contributed by atoms with Crippen LogP contribution < -0.4 is 5.32 Å². The Morgan fingerprint density at radius 3 is 2.38 bits per heavy atom. The van der Waals surface area contributed by atoms with Gasteiger partial charge in [0.25, 0.3) is 0 Å². The van der Waals surface area contributed by atoms with Crippen LogP contribution in [0.1, 0.15) is 48.2 Å². The molecule has 0 bridgehead atoms. The molecule has 0 aliphatic carbocycles. The second-order valence-electron chi connectivity index (χ2n) is 5.72. The van der Waals surface area contributed by atoms with Crippen molar-refractivity contribution in [1.29, 1.82) is 0 Å². The molecule has 2 rings (SSSR count). The van der Waals surface area contributed by atoms with E-state index in [0.717, 1.165) is 34.0 Å². The summed E-state index contributed by atoms with van der Waals surface area (Å²) in [5, 5.41) is 14.5. The van der Waals surface area contributed by atoms with Crippen molar-refractivity contribution in [1.82, 2.24) is 20.0 Å². The molecule has 0 spiro atoms. The average Bonchev–Trinajstić information content (AvgIpc) is 2.86. The molecule has 2 N–H and O–H groups in total. The van der Waals surface area contributed by atoms with E-state index in [1.54, 1.807) is 0 Å². The zero-order chi connectivity index (χ0) is 15.7. The Kier molecular flexibility index (Phi) is 4.16. The summed E-state index contributed by atoms with van der Waals surface area (Å²) in [6, 6.07) is 0.271. The van der Waals surface area contributed by atoms with Gasteiger partial charge in [0.05, 0.1) is 29.2 Å². The molecule has 0 atom stereocenters. The summed E-state index contributed by atoms with van der Waals surface area (Å²) in [4.78, 5) is 12.3. The minimum atomic E-state index is -0.0443. The number of H-pyrrole nitrogens is 1. The Bertz CT molecular complexity index is 646. The van der Waals surface area contributed by atoms with Gasteiger partial charge in [0.15, 0.2) is 0 Å². The Balaban J connectivity index is 2.17. The van der Waals surface area contributed by atoms with E-state index in [1.165, 1.54) is 0 Å². The van der Waals surface area contributed by atoms with E-state index in [4.69, 9.17) is 0 Å². The lowest BCUT2D eigenvalue weighted by atomic mass is 10.1. The number of nitrogens with one attached hydrogen (secondary N) is 2. The number of carbonyl (C=O) groups is 1. The summed E-state index contributed by atoms with van der Waals surface area (Å²) in [6.07, 6.45) is 0.319. The third kappa shape index (κ3) is 2.99. The third-order valence-electron chi connectivity index (χ3n) is 3.70. The van der Waals surface area contributed by atoms with Crippen LogP contribution in [0.2, 0.25) is 0 Å². The highest BCUT2D eigenvalue weighted by Crippen LogP contribution is 2.23. The van der Waals surface area contributed by atoms with E-state index in [-0.39, 0.29) is 11.9 Å². The van der Waals surface area contributed by atoms with Gasteiger partial charge in [0, 0.05) is 17.3 Å². The lowest BCUT2D eigenvalue weighted by molar-refractivity contribution is -0.115. The van der Waals surface area contributed by atoms with Gasteiger partial charge in [-0.3, -0.25) is 14.6 Å². The molecule has 6 heteroatoms. The molecule has 0 saturated carbocycles. The zero-order valence-corrected chi connectivity index (χ0v) is 13.5. The molecule has 0 radical (unpaired) electrons. The van der Waals surface area contributed by atoms with E-state index in [2.05, 4.69) is 34.5 Å². The summed E-state index contributed by atoms with van der Waals surface area (Å²) in [6.45, 7) is 11.9. The summed E-state index contributed by atoms with van der Waals surface area (Å²) >= 11 is 0. The van der Waals surface area contributed by atoms with Crippen LogP contribution >= 0.6 is 0 Å². The fraction of sp³-hybridized carbons (Fsp3) is 0.533. The van der Waals surface area contributed by atoms with E-state index >= 15 is 0 Å². The molecule has 0 saturated heterocycles. The van der Waals surface area contributed by atoms with Crippen molar-refractivity contribution >= 4 is 11.6 Å². The first kappa shape index (κ1) is 15.3. The molecule has 6 nitrogen and oxygen atoms in total. The van der Waals surface area contributed by atoms with Gasteiger partial charge in [-0.2, -0.15) is 10.2 Å². The number of hydrogen-bond acceptors (Lipinski definition) is 3. The van der Waals surface area contributed by atoms with Gasteiger partial charge >= 0.3 is 0 Å². The standard InChI is InChI=1S/C15H23N5O/c1-8(2)20-12(6)15(11(5)19-20)16-14(21)7-13-9(3)17-18-10(13)4/h8H,7H2,1-6H3,(H,16,21)(H,17,18). The van der Waals surface area contributed by atoms with Crippen molar-refractivity contribution in [2.75, 3.05) is 5.32 Å². The Morgan fingerprint density at radius 2 is 1.90 bits per heavy atom. The number of rotatable bonds is 4. The number of nitrogens with zero attached hydrogens (tertiary/aromatic N) is 3. The van der Waals surface area contributed by atoms with Gasteiger partial charge in [-0.1, -0.05) is 0 Å². The zero-order valence-electron chi connectivity index (χ0n) is 13.5. The van der Waals surface area contributed by atoms with Crippen molar-refractivity contribution in [3.63, 3.8) is 0 Å². The first-order valence-electron chi connectivity index (χ1n) is 7.17. The monoisotopic (exact) mass is 289 g/mol. The number of anilines is 1. The van der Waals surface area contributed by atoms with Crippen molar-refractivity contribution in [3.05, 3.63) is 28.3 Å². The van der Waals surface area contributed by atoms with Crippen LogP contribution in [0.5, 0.6) is 0 Å². The fourth-order valence-electron chi connectivity index (χ4n) is 2.53. The number of amides is 1. The quantitative estimate of drug-likeness (QED) is 0.908. The van der Waals surface area contributed by atoms with Crippen molar-refractivity contribution in [3.8, 4) is 0 Å². The molecule has 0 aromatic carbocycles. The maximum atomic E-state index is 12.3. The van der Waals surface area contributed by atoms with Crippen molar-refractivity contribution in [2.24, 2.45) is 0 Å². The predicted octanol–water partition coefficient (Wildman–Crippen LogP) is 2.60. The molecule has 1 amide bonds. The molecule has 2 heterocycles. The molecule has 2 aromatic heterocycles. The molecular weight excluding hydrogens is 266 g/mol. The van der Waals surface area contributed by atoms with Crippen LogP contribution in [0.3, 0.4) is 0 Å². The number of carbonyl (C=O) groups excluding carboxylic acids is 1. The second-order valence-corrected chi connectivity index (χ2v) is 5.72. The van der Waals surface area contributed by atoms with Crippen LogP contribution in [0.15, 0.2) is 0 Å². The summed E-state index contributed by atoms with van der Waals surface area (Å²) in [5.41, 5.74) is 5.40. The van der Waals surface area contributed by atoms with Gasteiger partial charge in [-0.15, -0.1) is 0 Å². The molecule has 114 valence electrons. The first-order chi connectivity index (χ1) is 9.81. The van der Waals surface area contributed by atoms with Crippen LogP contribution in [-0.2, 0) is 11.2 Å². The maximum absolute atomic E-state index is 12.3. The van der Waals surface area contributed by atoms with Gasteiger partial charge in [-0.05, 0) is 41.5 Å². The minimum Gasteiger partial charge on any atom is -0.323 e. The highest BCUT2D eigenvalue weighted by Gasteiger charge is 2.17. The highest BCUT2D eigenvalue weighted by atomic mass is 16.1. The van der Waals surface area contributed by atoms with E-state index in [0.29, 0.717) is 6.42 Å². The summed E-state index contributed by atoms with van der Waals surface area (Å²) < 4.78 is 1.93. The Labute approximate surface area is 124 Å². The van der Waals surface area contributed by atoms with Crippen LogP contribution in [-0.4, -0.2) is 25.9 Å². The van der Waals surface area contributed by atoms with Gasteiger partial charge in [0.1, 0.15) is 0 Å². The fourth-order valence-corrected chi connectivity index (χ4v) is 2.53. The van der Waals surface area contributed by atoms with E-state index in [1.807, 2.05) is 32.4 Å². The third-order valence-corrected chi connectivity index (χ3v) is 3.70. The minimum absolute atomic E-state index is 0.0443. The smallest absolute Gasteiger partial charge is 0.229 e. The van der Waals surface area contributed by atoms with Crippen LogP contribution in [0, 0.1) is 27.7 Å². The summed E-state index contributed by atoms with van der Waals surface area (Å²) in [7, 11) is 0.